The molecule has 0 fully saturated rings. The summed E-state index contributed by atoms with van der Waals surface area (Å²) < 4.78 is 6.55. The van der Waals surface area contributed by atoms with E-state index >= 15 is 0 Å². The number of hydrogen-bond acceptors (Lipinski definition) is 1. The maximum absolute atomic E-state index is 6.55. The highest BCUT2D eigenvalue weighted by atomic mass is 16.3. The summed E-state index contributed by atoms with van der Waals surface area (Å²) in [5, 5.41) is 8.77. The summed E-state index contributed by atoms with van der Waals surface area (Å²) in [6.07, 6.45) is 0. The third-order valence-corrected chi connectivity index (χ3v) is 9.55. The number of benzene rings is 7. The lowest BCUT2D eigenvalue weighted by Gasteiger charge is -2.22. The van der Waals surface area contributed by atoms with Gasteiger partial charge in [-0.1, -0.05) is 145 Å². The van der Waals surface area contributed by atoms with Gasteiger partial charge < -0.3 is 4.42 Å². The molecule has 1 nitrogen and oxygen atoms in total. The molecular formula is C44H38O. The molecule has 0 saturated carbocycles. The molecule has 1 aromatic heterocycles. The maximum atomic E-state index is 6.55. The molecule has 0 N–H and O–H groups in total. The van der Waals surface area contributed by atoms with Crippen molar-refractivity contribution in [3.8, 4) is 33.6 Å². The molecule has 220 valence electrons. The highest BCUT2D eigenvalue weighted by Crippen LogP contribution is 2.47. The molecule has 8 rings (SSSR count). The highest BCUT2D eigenvalue weighted by Gasteiger charge is 2.22. The number of hydrogen-bond donors (Lipinski definition) is 0. The Hall–Kier alpha value is -4.88. The molecule has 0 bridgehead atoms. The highest BCUT2D eigenvalue weighted by molar-refractivity contribution is 6.29. The van der Waals surface area contributed by atoms with Crippen molar-refractivity contribution in [1.29, 1.82) is 0 Å². The number of fused-ring (bicyclic) bond motifs is 1. The van der Waals surface area contributed by atoms with E-state index in [4.69, 9.17) is 4.42 Å². The zero-order valence-corrected chi connectivity index (χ0v) is 27.0. The Bertz CT molecular complexity index is 2350. The summed E-state index contributed by atoms with van der Waals surface area (Å²) in [5.74, 6) is 0.903. The minimum absolute atomic E-state index is 0.0534. The zero-order chi connectivity index (χ0) is 31.1. The van der Waals surface area contributed by atoms with Gasteiger partial charge in [0.25, 0.3) is 0 Å². The molecular weight excluding hydrogens is 544 g/mol. The van der Waals surface area contributed by atoms with Crippen LogP contribution in [0.15, 0.2) is 126 Å². The largest absolute Gasteiger partial charge is 0.456 e. The summed E-state index contributed by atoms with van der Waals surface area (Å²) in [6, 6.07) is 44.9. The zero-order valence-electron chi connectivity index (χ0n) is 27.0. The summed E-state index contributed by atoms with van der Waals surface area (Å²) >= 11 is 0. The van der Waals surface area contributed by atoms with E-state index in [1.807, 2.05) is 6.07 Å². The van der Waals surface area contributed by atoms with Crippen molar-refractivity contribution in [2.45, 2.75) is 52.4 Å². The smallest absolute Gasteiger partial charge is 0.136 e. The topological polar surface area (TPSA) is 13.1 Å². The van der Waals surface area contributed by atoms with Crippen LogP contribution in [0.25, 0.3) is 76.9 Å². The van der Waals surface area contributed by atoms with Gasteiger partial charge in [-0.3, -0.25) is 0 Å². The lowest BCUT2D eigenvalue weighted by Crippen LogP contribution is -2.10. The van der Waals surface area contributed by atoms with Crippen molar-refractivity contribution < 1.29 is 4.42 Å². The Balaban J connectivity index is 1.48. The van der Waals surface area contributed by atoms with E-state index in [9.17, 15) is 0 Å². The second-order valence-corrected chi connectivity index (χ2v) is 14.6. The lowest BCUT2D eigenvalue weighted by molar-refractivity contribution is 0.590. The Kier molecular flexibility index (Phi) is 6.03. The van der Waals surface area contributed by atoms with E-state index in [0.717, 1.165) is 22.3 Å². The maximum Gasteiger partial charge on any atom is 0.136 e. The SMILES string of the molecule is CC(C)(C)c1cccc(-c2ccc3ccc4c(-c5cccc(C(C)(C)C)c5)cc(-c5cc6ccccc6o5)c5ccc2c3c45)c1. The van der Waals surface area contributed by atoms with E-state index in [2.05, 4.69) is 157 Å². The standard InChI is InChI=1S/C44H38O/c1-43(2,3)31-14-9-12-28(23-31)33-19-17-27-18-20-35-37(29-13-10-15-32(24-29)44(4,5)6)26-38(36-22-21-34(33)41(27)42(35)36)40-25-30-11-7-8-16-39(30)45-40/h7-26H,1-6H3. The van der Waals surface area contributed by atoms with Crippen molar-refractivity contribution >= 4 is 43.3 Å². The van der Waals surface area contributed by atoms with Crippen LogP contribution in [-0.2, 0) is 10.8 Å². The molecule has 7 aromatic carbocycles. The van der Waals surface area contributed by atoms with Gasteiger partial charge in [-0.2, -0.15) is 0 Å². The van der Waals surface area contributed by atoms with Gasteiger partial charge in [0.1, 0.15) is 11.3 Å². The normalized spacial score (nSPS) is 12.7. The molecule has 0 saturated heterocycles. The van der Waals surface area contributed by atoms with Crippen molar-refractivity contribution in [3.63, 3.8) is 0 Å². The molecule has 0 aliphatic rings. The second kappa shape index (κ2) is 9.81. The van der Waals surface area contributed by atoms with E-state index in [1.54, 1.807) is 0 Å². The van der Waals surface area contributed by atoms with Crippen LogP contribution >= 0.6 is 0 Å². The van der Waals surface area contributed by atoms with Gasteiger partial charge in [0.2, 0.25) is 0 Å². The minimum Gasteiger partial charge on any atom is -0.456 e. The first kappa shape index (κ1) is 27.7. The predicted molar refractivity (Wildman–Crippen MR) is 194 cm³/mol. The summed E-state index contributed by atoms with van der Waals surface area (Å²) in [6.45, 7) is 13.7. The summed E-state index contributed by atoms with van der Waals surface area (Å²) in [4.78, 5) is 0. The monoisotopic (exact) mass is 582 g/mol. The first-order valence-electron chi connectivity index (χ1n) is 16.0. The average molecular weight is 583 g/mol. The quantitative estimate of drug-likeness (QED) is 0.189. The van der Waals surface area contributed by atoms with Crippen LogP contribution in [0, 0.1) is 0 Å². The Labute approximate surface area is 265 Å². The van der Waals surface area contributed by atoms with E-state index < -0.39 is 0 Å². The molecule has 0 atom stereocenters. The molecule has 0 amide bonds. The summed E-state index contributed by atoms with van der Waals surface area (Å²) in [5.41, 5.74) is 9.85. The summed E-state index contributed by atoms with van der Waals surface area (Å²) in [7, 11) is 0. The molecule has 0 unspecified atom stereocenters. The van der Waals surface area contributed by atoms with Crippen LogP contribution in [0.3, 0.4) is 0 Å². The van der Waals surface area contributed by atoms with Gasteiger partial charge in [-0.15, -0.1) is 0 Å². The number of rotatable bonds is 3. The van der Waals surface area contributed by atoms with Crippen molar-refractivity contribution in [1.82, 2.24) is 0 Å². The van der Waals surface area contributed by atoms with Crippen LogP contribution in [0.2, 0.25) is 0 Å². The van der Waals surface area contributed by atoms with E-state index in [-0.39, 0.29) is 10.8 Å². The molecule has 0 aliphatic carbocycles. The molecule has 0 aliphatic heterocycles. The molecule has 1 heteroatoms. The fraction of sp³-hybridized carbons (Fsp3) is 0.182. The molecule has 0 radical (unpaired) electrons. The van der Waals surface area contributed by atoms with Gasteiger partial charge in [0.05, 0.1) is 0 Å². The molecule has 8 aromatic rings. The van der Waals surface area contributed by atoms with Gasteiger partial charge in [0.15, 0.2) is 0 Å². The van der Waals surface area contributed by atoms with Crippen molar-refractivity contribution in [3.05, 3.63) is 132 Å². The van der Waals surface area contributed by atoms with Crippen LogP contribution in [-0.4, -0.2) is 0 Å². The van der Waals surface area contributed by atoms with Crippen LogP contribution < -0.4 is 0 Å². The first-order chi connectivity index (χ1) is 21.6. The van der Waals surface area contributed by atoms with E-state index in [1.165, 1.54) is 65.7 Å². The van der Waals surface area contributed by atoms with Gasteiger partial charge >= 0.3 is 0 Å². The molecule has 45 heavy (non-hydrogen) atoms. The second-order valence-electron chi connectivity index (χ2n) is 14.6. The third-order valence-electron chi connectivity index (χ3n) is 9.55. The lowest BCUT2D eigenvalue weighted by atomic mass is 9.82. The van der Waals surface area contributed by atoms with E-state index in [0.29, 0.717) is 0 Å². The number of para-hydroxylation sites is 1. The predicted octanol–water partition coefficient (Wildman–Crippen LogP) is 12.9. The van der Waals surface area contributed by atoms with Gasteiger partial charge in [0, 0.05) is 10.9 Å². The molecule has 1 heterocycles. The fourth-order valence-electron chi connectivity index (χ4n) is 7.01. The molecule has 0 spiro atoms. The Morgan fingerprint density at radius 2 is 1.00 bits per heavy atom. The van der Waals surface area contributed by atoms with Crippen LogP contribution in [0.4, 0.5) is 0 Å². The minimum atomic E-state index is 0.0534. The third kappa shape index (κ3) is 4.53. The van der Waals surface area contributed by atoms with Crippen LogP contribution in [0.1, 0.15) is 52.7 Å². The van der Waals surface area contributed by atoms with Crippen molar-refractivity contribution in [2.75, 3.05) is 0 Å². The Morgan fingerprint density at radius 3 is 1.67 bits per heavy atom. The van der Waals surface area contributed by atoms with Gasteiger partial charge in [-0.05, 0) is 94.7 Å². The number of furan rings is 1. The fourth-order valence-corrected chi connectivity index (χ4v) is 7.01. The Morgan fingerprint density at radius 1 is 0.422 bits per heavy atom. The first-order valence-corrected chi connectivity index (χ1v) is 16.0. The van der Waals surface area contributed by atoms with Crippen LogP contribution in [0.5, 0.6) is 0 Å². The van der Waals surface area contributed by atoms with Crippen molar-refractivity contribution in [2.24, 2.45) is 0 Å². The average Bonchev–Trinajstić information content (AvgIpc) is 3.47. The van der Waals surface area contributed by atoms with Gasteiger partial charge in [-0.25, -0.2) is 0 Å².